The molecular weight excluding hydrogens is 193 g/mol. The molecule has 0 atom stereocenters. The third-order valence-electron chi connectivity index (χ3n) is 2.61. The van der Waals surface area contributed by atoms with Gasteiger partial charge in [0, 0.05) is 19.2 Å². The van der Waals surface area contributed by atoms with Crippen LogP contribution in [0.15, 0.2) is 12.4 Å². The Hall–Kier alpha value is -1.19. The summed E-state index contributed by atoms with van der Waals surface area (Å²) >= 11 is 0. The summed E-state index contributed by atoms with van der Waals surface area (Å²) in [5.41, 5.74) is 0. The van der Waals surface area contributed by atoms with Crippen molar-refractivity contribution >= 4 is 5.82 Å². The van der Waals surface area contributed by atoms with Crippen LogP contribution in [-0.2, 0) is 0 Å². The number of nitrogens with zero attached hydrogens (tertiary/aromatic N) is 3. The lowest BCUT2D eigenvalue weighted by Gasteiger charge is -2.22. The summed E-state index contributed by atoms with van der Waals surface area (Å²) in [5.74, 6) is 1.06. The molecule has 1 aliphatic rings. The fourth-order valence-corrected chi connectivity index (χ4v) is 1.68. The standard InChI is InChI=1S/C11H16FN3/c1-2-5-15(7-9-3-4-9)11-6-10(12)13-8-14-11/h6,8-9H,2-5,7H2,1H3. The lowest BCUT2D eigenvalue weighted by Crippen LogP contribution is -2.27. The van der Waals surface area contributed by atoms with Gasteiger partial charge in [-0.1, -0.05) is 6.92 Å². The summed E-state index contributed by atoms with van der Waals surface area (Å²) in [4.78, 5) is 9.74. The van der Waals surface area contributed by atoms with Crippen molar-refractivity contribution in [3.63, 3.8) is 0 Å². The van der Waals surface area contributed by atoms with Crippen LogP contribution in [0.4, 0.5) is 10.2 Å². The molecule has 0 aliphatic heterocycles. The molecule has 0 unspecified atom stereocenters. The predicted molar refractivity (Wildman–Crippen MR) is 57.2 cm³/mol. The summed E-state index contributed by atoms with van der Waals surface area (Å²) in [6.45, 7) is 4.06. The third-order valence-corrected chi connectivity index (χ3v) is 2.61. The topological polar surface area (TPSA) is 29.0 Å². The van der Waals surface area contributed by atoms with Gasteiger partial charge in [-0.3, -0.25) is 0 Å². The summed E-state index contributed by atoms with van der Waals surface area (Å²) in [6, 6.07) is 1.41. The van der Waals surface area contributed by atoms with E-state index in [1.807, 2.05) is 0 Å². The molecule has 1 aliphatic carbocycles. The quantitative estimate of drug-likeness (QED) is 0.696. The molecule has 0 N–H and O–H groups in total. The largest absolute Gasteiger partial charge is 0.356 e. The first kappa shape index (κ1) is 10.3. The monoisotopic (exact) mass is 209 g/mol. The van der Waals surface area contributed by atoms with Crippen molar-refractivity contribution in [3.8, 4) is 0 Å². The minimum Gasteiger partial charge on any atom is -0.356 e. The maximum absolute atomic E-state index is 12.9. The zero-order valence-corrected chi connectivity index (χ0v) is 8.99. The number of rotatable bonds is 5. The van der Waals surface area contributed by atoms with Crippen molar-refractivity contribution in [2.75, 3.05) is 18.0 Å². The highest BCUT2D eigenvalue weighted by atomic mass is 19.1. The lowest BCUT2D eigenvalue weighted by molar-refractivity contribution is 0.576. The fraction of sp³-hybridized carbons (Fsp3) is 0.636. The van der Waals surface area contributed by atoms with Gasteiger partial charge in [0.15, 0.2) is 0 Å². The Kier molecular flexibility index (Phi) is 3.14. The van der Waals surface area contributed by atoms with E-state index in [0.717, 1.165) is 31.2 Å². The molecule has 15 heavy (non-hydrogen) atoms. The second-order valence-corrected chi connectivity index (χ2v) is 4.09. The third kappa shape index (κ3) is 2.88. The van der Waals surface area contributed by atoms with Crippen molar-refractivity contribution in [2.24, 2.45) is 5.92 Å². The van der Waals surface area contributed by atoms with Crippen LogP contribution < -0.4 is 4.90 Å². The summed E-state index contributed by atoms with van der Waals surface area (Å²) in [6.07, 6.45) is 4.94. The van der Waals surface area contributed by atoms with Crippen LogP contribution in [0.2, 0.25) is 0 Å². The molecule has 0 radical (unpaired) electrons. The Bertz CT molecular complexity index is 325. The molecule has 0 amide bonds. The Morgan fingerprint density at radius 1 is 1.47 bits per heavy atom. The van der Waals surface area contributed by atoms with E-state index < -0.39 is 5.95 Å². The van der Waals surface area contributed by atoms with Gasteiger partial charge in [-0.15, -0.1) is 0 Å². The van der Waals surface area contributed by atoms with Crippen molar-refractivity contribution in [2.45, 2.75) is 26.2 Å². The van der Waals surface area contributed by atoms with E-state index in [4.69, 9.17) is 0 Å². The highest BCUT2D eigenvalue weighted by Gasteiger charge is 2.24. The molecule has 1 aromatic rings. The van der Waals surface area contributed by atoms with Crippen molar-refractivity contribution in [1.29, 1.82) is 0 Å². The zero-order chi connectivity index (χ0) is 10.7. The van der Waals surface area contributed by atoms with Gasteiger partial charge >= 0.3 is 0 Å². The average molecular weight is 209 g/mol. The Morgan fingerprint density at radius 3 is 2.87 bits per heavy atom. The molecule has 2 rings (SSSR count). The first-order valence-electron chi connectivity index (χ1n) is 5.52. The van der Waals surface area contributed by atoms with E-state index in [1.165, 1.54) is 25.2 Å². The Morgan fingerprint density at radius 2 is 2.27 bits per heavy atom. The molecule has 0 bridgehead atoms. The Labute approximate surface area is 89.3 Å². The minimum atomic E-state index is -0.447. The van der Waals surface area contributed by atoms with Crippen LogP contribution in [0, 0.1) is 11.9 Å². The highest BCUT2D eigenvalue weighted by Crippen LogP contribution is 2.30. The number of aromatic nitrogens is 2. The molecule has 1 fully saturated rings. The van der Waals surface area contributed by atoms with E-state index >= 15 is 0 Å². The van der Waals surface area contributed by atoms with E-state index in [1.54, 1.807) is 0 Å². The van der Waals surface area contributed by atoms with Gasteiger partial charge in [-0.05, 0) is 25.2 Å². The summed E-state index contributed by atoms with van der Waals surface area (Å²) < 4.78 is 12.9. The molecule has 4 heteroatoms. The molecule has 1 heterocycles. The van der Waals surface area contributed by atoms with Crippen molar-refractivity contribution in [1.82, 2.24) is 9.97 Å². The van der Waals surface area contributed by atoms with Crippen molar-refractivity contribution < 1.29 is 4.39 Å². The number of hydrogen-bond acceptors (Lipinski definition) is 3. The maximum Gasteiger partial charge on any atom is 0.218 e. The van der Waals surface area contributed by atoms with Crippen LogP contribution in [0.1, 0.15) is 26.2 Å². The van der Waals surface area contributed by atoms with E-state index in [9.17, 15) is 4.39 Å². The maximum atomic E-state index is 12.9. The molecule has 1 aromatic heterocycles. The highest BCUT2D eigenvalue weighted by molar-refractivity contribution is 5.37. The fourth-order valence-electron chi connectivity index (χ4n) is 1.68. The first-order valence-corrected chi connectivity index (χ1v) is 5.52. The smallest absolute Gasteiger partial charge is 0.218 e. The molecule has 0 saturated heterocycles. The van der Waals surface area contributed by atoms with Crippen LogP contribution in [0.3, 0.4) is 0 Å². The van der Waals surface area contributed by atoms with Crippen LogP contribution >= 0.6 is 0 Å². The normalized spacial score (nSPS) is 15.3. The van der Waals surface area contributed by atoms with Crippen LogP contribution in [0.25, 0.3) is 0 Å². The minimum absolute atomic E-state index is 0.447. The molecular formula is C11H16FN3. The van der Waals surface area contributed by atoms with E-state index in [2.05, 4.69) is 21.8 Å². The molecule has 82 valence electrons. The molecule has 1 saturated carbocycles. The van der Waals surface area contributed by atoms with Crippen LogP contribution in [-0.4, -0.2) is 23.1 Å². The van der Waals surface area contributed by atoms with Gasteiger partial charge in [0.2, 0.25) is 5.95 Å². The molecule has 0 aromatic carbocycles. The Balaban J connectivity index is 2.07. The van der Waals surface area contributed by atoms with Crippen molar-refractivity contribution in [3.05, 3.63) is 18.3 Å². The number of halogens is 1. The van der Waals surface area contributed by atoms with Gasteiger partial charge in [-0.2, -0.15) is 4.39 Å². The van der Waals surface area contributed by atoms with Gasteiger partial charge in [0.25, 0.3) is 0 Å². The summed E-state index contributed by atoms with van der Waals surface area (Å²) in [5, 5.41) is 0. The second-order valence-electron chi connectivity index (χ2n) is 4.09. The number of hydrogen-bond donors (Lipinski definition) is 0. The zero-order valence-electron chi connectivity index (χ0n) is 8.99. The number of anilines is 1. The van der Waals surface area contributed by atoms with E-state index in [-0.39, 0.29) is 0 Å². The summed E-state index contributed by atoms with van der Waals surface area (Å²) in [7, 11) is 0. The SMILES string of the molecule is CCCN(CC1CC1)c1cc(F)ncn1. The molecule has 3 nitrogen and oxygen atoms in total. The second kappa shape index (κ2) is 4.55. The van der Waals surface area contributed by atoms with Gasteiger partial charge in [-0.25, -0.2) is 9.97 Å². The molecule has 0 spiro atoms. The average Bonchev–Trinajstić information content (AvgIpc) is 3.01. The first-order chi connectivity index (χ1) is 7.29. The van der Waals surface area contributed by atoms with E-state index in [0.29, 0.717) is 0 Å². The van der Waals surface area contributed by atoms with Gasteiger partial charge in [0.05, 0.1) is 0 Å². The van der Waals surface area contributed by atoms with Crippen LogP contribution in [0.5, 0.6) is 0 Å². The predicted octanol–water partition coefficient (Wildman–Crippen LogP) is 2.24. The van der Waals surface area contributed by atoms with Gasteiger partial charge in [0.1, 0.15) is 12.1 Å². The van der Waals surface area contributed by atoms with Gasteiger partial charge < -0.3 is 4.90 Å². The lowest BCUT2D eigenvalue weighted by atomic mass is 10.3.